The van der Waals surface area contributed by atoms with Crippen LogP contribution in [0.15, 0.2) is 65.3 Å². The van der Waals surface area contributed by atoms with Gasteiger partial charge in [-0.05, 0) is 59.2 Å². The first-order chi connectivity index (χ1) is 17.4. The SMILES string of the molecule is O=C(NCc1ccnc(F)c1)n1c2c(c3cc(Br)ccc31)CN(C/C=C/c1ccc(Cl)c(F)c1)CC2. The molecule has 36 heavy (non-hydrogen) atoms. The molecular weight excluding hydrogens is 550 g/mol. The van der Waals surface area contributed by atoms with Crippen LogP contribution in [0, 0.1) is 11.8 Å². The van der Waals surface area contributed by atoms with Crippen LogP contribution in [0.1, 0.15) is 22.4 Å². The Morgan fingerprint density at radius 3 is 2.83 bits per heavy atom. The maximum atomic E-state index is 13.7. The van der Waals surface area contributed by atoms with Crippen molar-refractivity contribution in [1.29, 1.82) is 0 Å². The minimum Gasteiger partial charge on any atom is -0.333 e. The molecule has 4 aromatic rings. The Labute approximate surface area is 220 Å². The molecule has 0 radical (unpaired) electrons. The molecule has 184 valence electrons. The average Bonchev–Trinajstić information content (AvgIpc) is 3.18. The molecule has 0 saturated carbocycles. The third kappa shape index (κ3) is 5.21. The number of nitrogens with zero attached hydrogens (tertiary/aromatic N) is 3. The van der Waals surface area contributed by atoms with E-state index in [2.05, 4.69) is 31.1 Å². The molecule has 0 atom stereocenters. The minimum atomic E-state index is -0.578. The molecule has 1 aliphatic heterocycles. The maximum absolute atomic E-state index is 13.7. The molecule has 5 nitrogen and oxygen atoms in total. The van der Waals surface area contributed by atoms with Crippen molar-refractivity contribution in [2.24, 2.45) is 0 Å². The van der Waals surface area contributed by atoms with E-state index in [0.29, 0.717) is 25.1 Å². The molecule has 0 fully saturated rings. The Morgan fingerprint density at radius 1 is 1.17 bits per heavy atom. The van der Waals surface area contributed by atoms with Crippen LogP contribution in [0.3, 0.4) is 0 Å². The predicted octanol–water partition coefficient (Wildman–Crippen LogP) is 6.56. The number of pyridine rings is 1. The van der Waals surface area contributed by atoms with E-state index in [0.717, 1.165) is 38.7 Å². The molecule has 1 aliphatic rings. The highest BCUT2D eigenvalue weighted by atomic mass is 79.9. The number of hydrogen-bond acceptors (Lipinski definition) is 3. The quantitative estimate of drug-likeness (QED) is 0.276. The zero-order valence-corrected chi connectivity index (χ0v) is 21.5. The summed E-state index contributed by atoms with van der Waals surface area (Å²) in [4.78, 5) is 19.1. The monoisotopic (exact) mass is 570 g/mol. The van der Waals surface area contributed by atoms with Gasteiger partial charge in [-0.3, -0.25) is 9.47 Å². The van der Waals surface area contributed by atoms with Crippen LogP contribution in [0.2, 0.25) is 5.02 Å². The summed E-state index contributed by atoms with van der Waals surface area (Å²) < 4.78 is 29.8. The lowest BCUT2D eigenvalue weighted by Crippen LogP contribution is -2.34. The molecule has 0 aliphatic carbocycles. The van der Waals surface area contributed by atoms with Gasteiger partial charge in [0.1, 0.15) is 5.82 Å². The number of hydrogen-bond donors (Lipinski definition) is 1. The first kappa shape index (κ1) is 24.6. The largest absolute Gasteiger partial charge is 0.333 e. The van der Waals surface area contributed by atoms with Crippen molar-refractivity contribution in [2.75, 3.05) is 13.1 Å². The minimum absolute atomic E-state index is 0.107. The second kappa shape index (κ2) is 10.5. The molecule has 0 unspecified atom stereocenters. The summed E-state index contributed by atoms with van der Waals surface area (Å²) in [5.41, 5.74) is 4.30. The van der Waals surface area contributed by atoms with Gasteiger partial charge in [-0.1, -0.05) is 45.7 Å². The van der Waals surface area contributed by atoms with Gasteiger partial charge in [0.05, 0.1) is 10.5 Å². The van der Waals surface area contributed by atoms with Crippen molar-refractivity contribution in [3.8, 4) is 0 Å². The van der Waals surface area contributed by atoms with Crippen LogP contribution < -0.4 is 5.32 Å². The summed E-state index contributed by atoms with van der Waals surface area (Å²) in [6.07, 6.45) is 5.96. The molecule has 0 bridgehead atoms. The topological polar surface area (TPSA) is 50.2 Å². The molecule has 1 N–H and O–H groups in total. The van der Waals surface area contributed by atoms with Gasteiger partial charge in [0, 0.05) is 54.3 Å². The van der Waals surface area contributed by atoms with Gasteiger partial charge in [0.25, 0.3) is 0 Å². The van der Waals surface area contributed by atoms with Crippen molar-refractivity contribution < 1.29 is 13.6 Å². The lowest BCUT2D eigenvalue weighted by Gasteiger charge is -2.27. The predicted molar refractivity (Wildman–Crippen MR) is 141 cm³/mol. The number of halogens is 4. The number of nitrogens with one attached hydrogen (secondary N) is 1. The lowest BCUT2D eigenvalue weighted by molar-refractivity contribution is 0.240. The first-order valence-electron chi connectivity index (χ1n) is 11.4. The van der Waals surface area contributed by atoms with Crippen LogP contribution in [0.4, 0.5) is 13.6 Å². The molecule has 1 amide bonds. The summed E-state index contributed by atoms with van der Waals surface area (Å²) >= 11 is 9.32. The molecule has 9 heteroatoms. The zero-order chi connectivity index (χ0) is 25.2. The van der Waals surface area contributed by atoms with Gasteiger partial charge in [-0.15, -0.1) is 0 Å². The molecule has 3 heterocycles. The Morgan fingerprint density at radius 2 is 2.03 bits per heavy atom. The standard InChI is InChI=1S/C27H22BrClF2N4O/c28-19-4-6-24-20(14-19)21-16-34(10-1-2-17-3-5-22(29)23(30)12-17)11-8-25(21)35(24)27(36)33-15-18-7-9-32-26(31)13-18/h1-7,9,12-14H,8,10-11,15-16H2,(H,33,36)/b2-1+. The number of amides is 1. The molecule has 0 spiro atoms. The number of carbonyl (C=O) groups is 1. The van der Waals surface area contributed by atoms with E-state index in [1.807, 2.05) is 30.4 Å². The van der Waals surface area contributed by atoms with E-state index in [1.165, 1.54) is 18.3 Å². The van der Waals surface area contributed by atoms with E-state index in [4.69, 9.17) is 11.6 Å². The Balaban J connectivity index is 1.36. The normalized spacial score (nSPS) is 13.9. The Hall–Kier alpha value is -3.07. The first-order valence-corrected chi connectivity index (χ1v) is 12.6. The van der Waals surface area contributed by atoms with E-state index in [1.54, 1.807) is 22.8 Å². The fourth-order valence-electron chi connectivity index (χ4n) is 4.54. The van der Waals surface area contributed by atoms with E-state index in [9.17, 15) is 13.6 Å². The number of rotatable bonds is 5. The molecule has 0 saturated heterocycles. The molecule has 5 rings (SSSR count). The van der Waals surface area contributed by atoms with Crippen molar-refractivity contribution in [3.05, 3.63) is 104 Å². The second-order valence-corrected chi connectivity index (χ2v) is 9.95. The number of fused-ring (bicyclic) bond motifs is 3. The van der Waals surface area contributed by atoms with Crippen molar-refractivity contribution >= 4 is 50.5 Å². The maximum Gasteiger partial charge on any atom is 0.326 e. The highest BCUT2D eigenvalue weighted by Gasteiger charge is 2.26. The van der Waals surface area contributed by atoms with Gasteiger partial charge >= 0.3 is 6.03 Å². The van der Waals surface area contributed by atoms with Gasteiger partial charge in [-0.2, -0.15) is 4.39 Å². The molecule has 2 aromatic heterocycles. The van der Waals surface area contributed by atoms with E-state index in [-0.39, 0.29) is 17.6 Å². The smallest absolute Gasteiger partial charge is 0.326 e. The van der Waals surface area contributed by atoms with Crippen LogP contribution in [0.25, 0.3) is 17.0 Å². The van der Waals surface area contributed by atoms with E-state index >= 15 is 0 Å². The highest BCUT2D eigenvalue weighted by molar-refractivity contribution is 9.10. The average molecular weight is 572 g/mol. The summed E-state index contributed by atoms with van der Waals surface area (Å²) in [6, 6.07) is 13.4. The van der Waals surface area contributed by atoms with Crippen molar-refractivity contribution in [1.82, 2.24) is 19.8 Å². The molecular formula is C27H22BrClF2N4O. The molecule has 2 aromatic carbocycles. The van der Waals surface area contributed by atoms with Gasteiger partial charge in [0.2, 0.25) is 5.95 Å². The highest BCUT2D eigenvalue weighted by Crippen LogP contribution is 2.33. The number of benzene rings is 2. The summed E-state index contributed by atoms with van der Waals surface area (Å²) in [7, 11) is 0. The second-order valence-electron chi connectivity index (χ2n) is 8.63. The van der Waals surface area contributed by atoms with Gasteiger partial charge < -0.3 is 5.32 Å². The van der Waals surface area contributed by atoms with Gasteiger partial charge in [-0.25, -0.2) is 14.2 Å². The number of carbonyl (C=O) groups excluding carboxylic acids is 1. The van der Waals surface area contributed by atoms with Crippen LogP contribution in [0.5, 0.6) is 0 Å². The van der Waals surface area contributed by atoms with Gasteiger partial charge in [0.15, 0.2) is 0 Å². The van der Waals surface area contributed by atoms with Crippen LogP contribution in [-0.4, -0.2) is 33.6 Å². The third-order valence-electron chi connectivity index (χ3n) is 6.24. The fourth-order valence-corrected chi connectivity index (χ4v) is 5.02. The summed E-state index contributed by atoms with van der Waals surface area (Å²) in [6.45, 7) is 2.33. The third-order valence-corrected chi connectivity index (χ3v) is 7.04. The Bertz CT molecular complexity index is 1490. The van der Waals surface area contributed by atoms with E-state index < -0.39 is 11.8 Å². The fraction of sp³-hybridized carbons (Fsp3) is 0.185. The zero-order valence-electron chi connectivity index (χ0n) is 19.1. The van der Waals surface area contributed by atoms with Crippen LogP contribution in [-0.2, 0) is 19.5 Å². The Kier molecular flexibility index (Phi) is 7.18. The van der Waals surface area contributed by atoms with Crippen molar-refractivity contribution in [2.45, 2.75) is 19.5 Å². The summed E-state index contributed by atoms with van der Waals surface area (Å²) in [5, 5.41) is 4.03. The van der Waals surface area contributed by atoms with Crippen LogP contribution >= 0.6 is 27.5 Å². The number of aromatic nitrogens is 2. The van der Waals surface area contributed by atoms with Crippen molar-refractivity contribution in [3.63, 3.8) is 0 Å². The lowest BCUT2D eigenvalue weighted by atomic mass is 10.0. The summed E-state index contributed by atoms with van der Waals surface area (Å²) in [5.74, 6) is -1.02.